The molecule has 7 heteroatoms. The van der Waals surface area contributed by atoms with E-state index in [2.05, 4.69) is 10.1 Å². The third-order valence-corrected chi connectivity index (χ3v) is 2.84. The number of furan rings is 1. The molecule has 0 atom stereocenters. The number of carbonyl (C=O) groups is 1. The standard InChI is InChI=1S/C15H15F2NO4/c1-20-12-6-4-10(9-13(12)22-15(16)17)18-14(19)7-5-11-3-2-8-21-11/h2-4,6,8-9,15H,5,7H2,1H3,(H,18,19). The number of benzene rings is 1. The summed E-state index contributed by atoms with van der Waals surface area (Å²) in [5.74, 6) is 0.464. The molecule has 1 N–H and O–H groups in total. The summed E-state index contributed by atoms with van der Waals surface area (Å²) in [7, 11) is 1.34. The third kappa shape index (κ3) is 4.47. The Kier molecular flexibility index (Phi) is 5.35. The molecule has 1 aromatic heterocycles. The fraction of sp³-hybridized carbons (Fsp3) is 0.267. The molecule has 0 bridgehead atoms. The smallest absolute Gasteiger partial charge is 0.387 e. The summed E-state index contributed by atoms with van der Waals surface area (Å²) in [5, 5.41) is 2.61. The molecule has 22 heavy (non-hydrogen) atoms. The molecule has 0 aliphatic heterocycles. The van der Waals surface area contributed by atoms with Gasteiger partial charge in [0.2, 0.25) is 5.91 Å². The Hall–Kier alpha value is -2.57. The van der Waals surface area contributed by atoms with Crippen molar-refractivity contribution in [2.75, 3.05) is 12.4 Å². The summed E-state index contributed by atoms with van der Waals surface area (Å²) in [6, 6.07) is 7.79. The minimum Gasteiger partial charge on any atom is -0.493 e. The Labute approximate surface area is 125 Å². The first kappa shape index (κ1) is 15.8. The van der Waals surface area contributed by atoms with E-state index >= 15 is 0 Å². The zero-order chi connectivity index (χ0) is 15.9. The highest BCUT2D eigenvalue weighted by atomic mass is 19.3. The molecule has 0 aliphatic carbocycles. The zero-order valence-corrected chi connectivity index (χ0v) is 11.8. The van der Waals surface area contributed by atoms with Gasteiger partial charge >= 0.3 is 6.61 Å². The van der Waals surface area contributed by atoms with E-state index in [1.165, 1.54) is 25.5 Å². The van der Waals surface area contributed by atoms with Crippen molar-refractivity contribution in [3.8, 4) is 11.5 Å². The van der Waals surface area contributed by atoms with Gasteiger partial charge in [0, 0.05) is 24.6 Å². The summed E-state index contributed by atoms with van der Waals surface area (Å²) in [6.45, 7) is -2.97. The van der Waals surface area contributed by atoms with Crippen molar-refractivity contribution in [2.24, 2.45) is 0 Å². The van der Waals surface area contributed by atoms with E-state index in [1.54, 1.807) is 18.2 Å². The molecule has 5 nitrogen and oxygen atoms in total. The predicted octanol–water partition coefficient (Wildman–Crippen LogP) is 3.46. The summed E-state index contributed by atoms with van der Waals surface area (Å²) in [4.78, 5) is 11.8. The lowest BCUT2D eigenvalue weighted by atomic mass is 10.2. The fourth-order valence-electron chi connectivity index (χ4n) is 1.86. The van der Waals surface area contributed by atoms with Crippen LogP contribution >= 0.6 is 0 Å². The lowest BCUT2D eigenvalue weighted by molar-refractivity contribution is -0.116. The van der Waals surface area contributed by atoms with Crippen LogP contribution in [0.25, 0.3) is 0 Å². The number of hydrogen-bond donors (Lipinski definition) is 1. The fourth-order valence-corrected chi connectivity index (χ4v) is 1.86. The second kappa shape index (κ2) is 7.44. The first-order valence-corrected chi connectivity index (χ1v) is 6.53. The number of halogens is 2. The maximum absolute atomic E-state index is 12.3. The number of aryl methyl sites for hydroxylation is 1. The quantitative estimate of drug-likeness (QED) is 0.850. The van der Waals surface area contributed by atoms with Gasteiger partial charge in [-0.25, -0.2) is 0 Å². The summed E-state index contributed by atoms with van der Waals surface area (Å²) < 4.78 is 39.1. The predicted molar refractivity (Wildman–Crippen MR) is 75.3 cm³/mol. The molecule has 1 aromatic carbocycles. The molecule has 118 valence electrons. The molecular weight excluding hydrogens is 296 g/mol. The molecule has 2 aromatic rings. The number of methoxy groups -OCH3 is 1. The van der Waals surface area contributed by atoms with Gasteiger partial charge in [-0.05, 0) is 24.3 Å². The SMILES string of the molecule is COc1ccc(NC(=O)CCc2ccco2)cc1OC(F)F. The maximum Gasteiger partial charge on any atom is 0.387 e. The van der Waals surface area contributed by atoms with Crippen LogP contribution in [0.4, 0.5) is 14.5 Å². The van der Waals surface area contributed by atoms with Gasteiger partial charge in [0.15, 0.2) is 11.5 Å². The molecule has 0 radical (unpaired) electrons. The van der Waals surface area contributed by atoms with Gasteiger partial charge in [0.25, 0.3) is 0 Å². The van der Waals surface area contributed by atoms with E-state index in [-0.39, 0.29) is 23.8 Å². The first-order valence-electron chi connectivity index (χ1n) is 6.53. The van der Waals surface area contributed by atoms with Gasteiger partial charge in [-0.15, -0.1) is 0 Å². The van der Waals surface area contributed by atoms with Crippen LogP contribution in [0.2, 0.25) is 0 Å². The van der Waals surface area contributed by atoms with Gasteiger partial charge < -0.3 is 19.2 Å². The van der Waals surface area contributed by atoms with Crippen LogP contribution < -0.4 is 14.8 Å². The van der Waals surface area contributed by atoms with Crippen LogP contribution in [0.5, 0.6) is 11.5 Å². The van der Waals surface area contributed by atoms with Crippen molar-refractivity contribution >= 4 is 11.6 Å². The summed E-state index contributed by atoms with van der Waals surface area (Å²) in [6.07, 6.45) is 2.20. The van der Waals surface area contributed by atoms with Gasteiger partial charge in [0.05, 0.1) is 13.4 Å². The number of anilines is 1. The van der Waals surface area contributed by atoms with E-state index in [9.17, 15) is 13.6 Å². The highest BCUT2D eigenvalue weighted by Crippen LogP contribution is 2.31. The van der Waals surface area contributed by atoms with Crippen molar-refractivity contribution in [1.29, 1.82) is 0 Å². The Morgan fingerprint density at radius 2 is 2.14 bits per heavy atom. The number of nitrogens with one attached hydrogen (secondary N) is 1. The average Bonchev–Trinajstić information content (AvgIpc) is 2.98. The molecule has 2 rings (SSSR count). The number of alkyl halides is 2. The second-order valence-electron chi connectivity index (χ2n) is 4.37. The van der Waals surface area contributed by atoms with Crippen LogP contribution in [0.1, 0.15) is 12.2 Å². The van der Waals surface area contributed by atoms with Crippen molar-refractivity contribution in [2.45, 2.75) is 19.5 Å². The topological polar surface area (TPSA) is 60.7 Å². The van der Waals surface area contributed by atoms with Crippen molar-refractivity contribution < 1.29 is 27.5 Å². The number of carbonyl (C=O) groups excluding carboxylic acids is 1. The Bertz CT molecular complexity index is 614. The van der Waals surface area contributed by atoms with Crippen LogP contribution in [-0.2, 0) is 11.2 Å². The van der Waals surface area contributed by atoms with Crippen molar-refractivity contribution in [3.63, 3.8) is 0 Å². The van der Waals surface area contributed by atoms with Gasteiger partial charge in [-0.1, -0.05) is 0 Å². The van der Waals surface area contributed by atoms with E-state index in [0.717, 1.165) is 0 Å². The Morgan fingerprint density at radius 1 is 1.32 bits per heavy atom. The molecule has 0 fully saturated rings. The van der Waals surface area contributed by atoms with Crippen LogP contribution in [0.15, 0.2) is 41.0 Å². The monoisotopic (exact) mass is 311 g/mol. The van der Waals surface area contributed by atoms with Crippen LogP contribution in [-0.4, -0.2) is 19.6 Å². The molecule has 1 amide bonds. The van der Waals surface area contributed by atoms with Crippen LogP contribution in [0.3, 0.4) is 0 Å². The lowest BCUT2D eigenvalue weighted by Gasteiger charge is -2.12. The molecule has 0 saturated carbocycles. The highest BCUT2D eigenvalue weighted by molar-refractivity contribution is 5.91. The number of ether oxygens (including phenoxy) is 2. The summed E-state index contributed by atoms with van der Waals surface area (Å²) >= 11 is 0. The minimum atomic E-state index is -2.97. The number of hydrogen-bond acceptors (Lipinski definition) is 4. The molecule has 1 heterocycles. The van der Waals surface area contributed by atoms with E-state index in [1.807, 2.05) is 0 Å². The molecule has 0 saturated heterocycles. The number of rotatable bonds is 7. The Morgan fingerprint density at radius 3 is 2.77 bits per heavy atom. The van der Waals surface area contributed by atoms with Crippen LogP contribution in [0, 0.1) is 0 Å². The van der Waals surface area contributed by atoms with E-state index < -0.39 is 6.61 Å². The van der Waals surface area contributed by atoms with Crippen molar-refractivity contribution in [3.05, 3.63) is 42.4 Å². The summed E-state index contributed by atoms with van der Waals surface area (Å²) in [5.41, 5.74) is 0.348. The second-order valence-corrected chi connectivity index (χ2v) is 4.37. The molecular formula is C15H15F2NO4. The number of amides is 1. The van der Waals surface area contributed by atoms with Gasteiger partial charge in [-0.2, -0.15) is 8.78 Å². The van der Waals surface area contributed by atoms with E-state index in [4.69, 9.17) is 9.15 Å². The largest absolute Gasteiger partial charge is 0.493 e. The first-order chi connectivity index (χ1) is 10.6. The third-order valence-electron chi connectivity index (χ3n) is 2.84. The van der Waals surface area contributed by atoms with Gasteiger partial charge in [0.1, 0.15) is 5.76 Å². The Balaban J connectivity index is 1.97. The molecule has 0 spiro atoms. The molecule has 0 unspecified atom stereocenters. The van der Waals surface area contributed by atoms with Crippen molar-refractivity contribution in [1.82, 2.24) is 0 Å². The minimum absolute atomic E-state index is 0.138. The zero-order valence-electron chi connectivity index (χ0n) is 11.8. The highest BCUT2D eigenvalue weighted by Gasteiger charge is 2.12. The average molecular weight is 311 g/mol. The molecule has 0 aliphatic rings. The normalized spacial score (nSPS) is 10.5. The van der Waals surface area contributed by atoms with E-state index in [0.29, 0.717) is 17.9 Å². The van der Waals surface area contributed by atoms with Gasteiger partial charge in [-0.3, -0.25) is 4.79 Å². The lowest BCUT2D eigenvalue weighted by Crippen LogP contribution is -2.12. The maximum atomic E-state index is 12.3.